The Hall–Kier alpha value is -0.950. The molecule has 3 saturated heterocycles. The second kappa shape index (κ2) is 7.14. The molecular weight excluding hydrogens is 338 g/mol. The average molecular weight is 376 g/mol. The van der Waals surface area contributed by atoms with E-state index < -0.39 is 5.60 Å². The van der Waals surface area contributed by atoms with Crippen molar-refractivity contribution in [1.29, 1.82) is 0 Å². The molecular formula is C21H37N5O. The van der Waals surface area contributed by atoms with E-state index in [1.54, 1.807) is 6.20 Å². The fraction of sp³-hybridized carbons (Fsp3) is 0.857. The number of hydrogen-bond acceptors (Lipinski definition) is 5. The quantitative estimate of drug-likeness (QED) is 0.845. The van der Waals surface area contributed by atoms with Gasteiger partial charge < -0.3 is 19.5 Å². The lowest BCUT2D eigenvalue weighted by Gasteiger charge is -2.47. The van der Waals surface area contributed by atoms with Crippen LogP contribution in [-0.2, 0) is 12.6 Å². The Morgan fingerprint density at radius 2 is 1.70 bits per heavy atom. The Kier molecular flexibility index (Phi) is 5.12. The normalized spacial score (nSPS) is 33.7. The average Bonchev–Trinajstić information content (AvgIpc) is 3.12. The molecule has 0 spiro atoms. The summed E-state index contributed by atoms with van der Waals surface area (Å²) in [7, 11) is 4.21. The van der Waals surface area contributed by atoms with Gasteiger partial charge in [0.15, 0.2) is 0 Å². The third kappa shape index (κ3) is 3.95. The van der Waals surface area contributed by atoms with Crippen LogP contribution in [0.5, 0.6) is 0 Å². The van der Waals surface area contributed by atoms with Crippen LogP contribution in [0, 0.1) is 5.41 Å². The van der Waals surface area contributed by atoms with Crippen LogP contribution in [0.15, 0.2) is 12.4 Å². The number of aryl methyl sites for hydroxylation is 1. The number of likely N-dealkylation sites (N-methyl/N-ethyl adjacent to an activating group) is 1. The van der Waals surface area contributed by atoms with Gasteiger partial charge in [0.2, 0.25) is 0 Å². The van der Waals surface area contributed by atoms with Crippen LogP contribution < -0.4 is 0 Å². The Labute approximate surface area is 164 Å². The number of aromatic nitrogens is 2. The zero-order valence-corrected chi connectivity index (χ0v) is 17.6. The molecule has 2 atom stereocenters. The molecule has 0 radical (unpaired) electrons. The van der Waals surface area contributed by atoms with Gasteiger partial charge in [0.25, 0.3) is 0 Å². The summed E-state index contributed by atoms with van der Waals surface area (Å²) in [5.41, 5.74) is -0.488. The van der Waals surface area contributed by atoms with Crippen molar-refractivity contribution in [3.05, 3.63) is 18.2 Å². The first-order valence-corrected chi connectivity index (χ1v) is 10.6. The number of fused-ring (bicyclic) bond motifs is 2. The Morgan fingerprint density at radius 1 is 1.07 bits per heavy atom. The summed E-state index contributed by atoms with van der Waals surface area (Å²) in [4.78, 5) is 12.2. The van der Waals surface area contributed by atoms with Gasteiger partial charge in [-0.05, 0) is 38.1 Å². The summed E-state index contributed by atoms with van der Waals surface area (Å²) < 4.78 is 1.99. The third-order valence-electron chi connectivity index (χ3n) is 7.01. The maximum Gasteiger partial charge on any atom is 0.140 e. The largest absolute Gasteiger partial charge is 0.382 e. The molecule has 27 heavy (non-hydrogen) atoms. The lowest BCUT2D eigenvalue weighted by Crippen LogP contribution is -2.55. The maximum atomic E-state index is 11.4. The molecule has 3 fully saturated rings. The zero-order valence-electron chi connectivity index (χ0n) is 17.6. The highest BCUT2D eigenvalue weighted by Gasteiger charge is 2.50. The predicted molar refractivity (Wildman–Crippen MR) is 108 cm³/mol. The predicted octanol–water partition coefficient (Wildman–Crippen LogP) is 1.51. The van der Waals surface area contributed by atoms with Crippen LogP contribution in [0.2, 0.25) is 0 Å². The van der Waals surface area contributed by atoms with E-state index >= 15 is 0 Å². The van der Waals surface area contributed by atoms with Crippen molar-refractivity contribution in [2.45, 2.75) is 57.2 Å². The van der Waals surface area contributed by atoms with Gasteiger partial charge >= 0.3 is 0 Å². The van der Waals surface area contributed by atoms with E-state index in [4.69, 9.17) is 0 Å². The van der Waals surface area contributed by atoms with Gasteiger partial charge in [0.1, 0.15) is 11.4 Å². The molecule has 2 bridgehead atoms. The first kappa shape index (κ1) is 19.4. The first-order valence-electron chi connectivity index (χ1n) is 10.6. The summed E-state index contributed by atoms with van der Waals surface area (Å²) in [6.07, 6.45) is 7.81. The highest BCUT2D eigenvalue weighted by atomic mass is 16.3. The van der Waals surface area contributed by atoms with Crippen molar-refractivity contribution in [3.8, 4) is 0 Å². The fourth-order valence-electron chi connectivity index (χ4n) is 5.73. The maximum absolute atomic E-state index is 11.4. The van der Waals surface area contributed by atoms with E-state index in [2.05, 4.69) is 40.6 Å². The first-order chi connectivity index (χ1) is 12.8. The van der Waals surface area contributed by atoms with Gasteiger partial charge in [-0.1, -0.05) is 13.8 Å². The van der Waals surface area contributed by atoms with E-state index in [-0.39, 0.29) is 5.41 Å². The van der Waals surface area contributed by atoms with Crippen LogP contribution in [0.4, 0.5) is 0 Å². The SMILES string of the molecule is CN1CCN(CC(C)(C)CN2C3CCC2CC(O)(c2nccn2C)C3)CC1. The molecule has 0 amide bonds. The fourth-order valence-corrected chi connectivity index (χ4v) is 5.73. The van der Waals surface area contributed by atoms with Gasteiger partial charge in [0.05, 0.1) is 0 Å². The summed E-state index contributed by atoms with van der Waals surface area (Å²) in [5.74, 6) is 0.843. The van der Waals surface area contributed by atoms with Crippen molar-refractivity contribution in [2.24, 2.45) is 12.5 Å². The van der Waals surface area contributed by atoms with Gasteiger partial charge in [-0.2, -0.15) is 0 Å². The third-order valence-corrected chi connectivity index (χ3v) is 7.01. The Bertz CT molecular complexity index is 635. The van der Waals surface area contributed by atoms with Crippen LogP contribution >= 0.6 is 0 Å². The molecule has 4 heterocycles. The molecule has 6 nitrogen and oxygen atoms in total. The summed E-state index contributed by atoms with van der Waals surface area (Å²) in [6, 6.07) is 0.967. The van der Waals surface area contributed by atoms with Crippen molar-refractivity contribution < 1.29 is 5.11 Å². The molecule has 3 aliphatic heterocycles. The molecule has 1 N–H and O–H groups in total. The molecule has 6 heteroatoms. The van der Waals surface area contributed by atoms with Crippen molar-refractivity contribution in [2.75, 3.05) is 46.3 Å². The number of hydrogen-bond donors (Lipinski definition) is 1. The number of nitrogens with zero attached hydrogens (tertiary/aromatic N) is 5. The van der Waals surface area contributed by atoms with Gasteiger partial charge in [0, 0.05) is 70.8 Å². The molecule has 1 aromatic rings. The highest BCUT2D eigenvalue weighted by molar-refractivity contribution is 5.12. The summed E-state index contributed by atoms with van der Waals surface area (Å²) >= 11 is 0. The van der Waals surface area contributed by atoms with E-state index in [1.807, 2.05) is 17.8 Å². The van der Waals surface area contributed by atoms with Crippen molar-refractivity contribution >= 4 is 0 Å². The van der Waals surface area contributed by atoms with Crippen LogP contribution in [0.3, 0.4) is 0 Å². The zero-order chi connectivity index (χ0) is 19.2. The van der Waals surface area contributed by atoms with Gasteiger partial charge in [-0.25, -0.2) is 4.98 Å². The number of piperazine rings is 1. The minimum Gasteiger partial charge on any atom is -0.382 e. The van der Waals surface area contributed by atoms with E-state index in [0.29, 0.717) is 12.1 Å². The lowest BCUT2D eigenvalue weighted by atomic mass is 9.83. The Balaban J connectivity index is 1.40. The summed E-state index contributed by atoms with van der Waals surface area (Å²) in [5, 5.41) is 11.4. The van der Waals surface area contributed by atoms with Crippen molar-refractivity contribution in [3.63, 3.8) is 0 Å². The molecule has 152 valence electrons. The van der Waals surface area contributed by atoms with Crippen molar-refractivity contribution in [1.82, 2.24) is 24.3 Å². The molecule has 1 aromatic heterocycles. The Morgan fingerprint density at radius 3 is 2.26 bits per heavy atom. The van der Waals surface area contributed by atoms with Crippen LogP contribution in [-0.4, -0.2) is 87.8 Å². The summed E-state index contributed by atoms with van der Waals surface area (Å²) in [6.45, 7) is 11.9. The van der Waals surface area contributed by atoms with Crippen LogP contribution in [0.25, 0.3) is 0 Å². The minimum atomic E-state index is -0.762. The number of aliphatic hydroxyl groups is 1. The standard InChI is InChI=1S/C21H37N5O/c1-20(2,15-25-11-9-23(3)10-12-25)16-26-17-5-6-18(26)14-21(27,13-17)19-22-7-8-24(19)4/h7-8,17-18,27H,5-6,9-16H2,1-4H3. The van der Waals surface area contributed by atoms with E-state index in [9.17, 15) is 5.11 Å². The molecule has 4 rings (SSSR count). The minimum absolute atomic E-state index is 0.273. The second-order valence-electron chi connectivity index (χ2n) is 10.1. The highest BCUT2D eigenvalue weighted by Crippen LogP contribution is 2.46. The second-order valence-corrected chi connectivity index (χ2v) is 10.1. The topological polar surface area (TPSA) is 47.8 Å². The lowest BCUT2D eigenvalue weighted by molar-refractivity contribution is -0.0741. The van der Waals surface area contributed by atoms with Gasteiger partial charge in [-0.15, -0.1) is 0 Å². The molecule has 0 aromatic carbocycles. The number of piperidine rings is 1. The van der Waals surface area contributed by atoms with Gasteiger partial charge in [-0.3, -0.25) is 4.90 Å². The molecule has 0 saturated carbocycles. The van der Waals surface area contributed by atoms with Crippen LogP contribution in [0.1, 0.15) is 45.4 Å². The van der Waals surface area contributed by atoms with E-state index in [1.165, 1.54) is 45.6 Å². The smallest absolute Gasteiger partial charge is 0.140 e. The number of rotatable bonds is 5. The molecule has 3 aliphatic rings. The monoisotopic (exact) mass is 375 g/mol. The molecule has 0 aliphatic carbocycles. The number of imidazole rings is 1. The molecule has 2 unspecified atom stereocenters. The van der Waals surface area contributed by atoms with E-state index in [0.717, 1.165) is 25.2 Å².